The molecule has 3 aromatic rings. The Morgan fingerprint density at radius 3 is 2.69 bits per heavy atom. The van der Waals surface area contributed by atoms with Crippen LogP contribution in [0.2, 0.25) is 0 Å². The standard InChI is InChI=1S/C23H24N6O3/c1-13(2)29-9-8-17(26-29)21-20(24-12-27(21)3)14-4-5-16-15(10-14)11-28(23(16)32)18-6-7-19(30)25-22(18)31/h4-5,8-10,12-13,18H,6-7,11H2,1-3H3,(H,25,30,31)/t18-/m0/s1. The number of benzene rings is 1. The molecule has 0 saturated carbocycles. The van der Waals surface area contributed by atoms with Crippen molar-refractivity contribution >= 4 is 17.7 Å². The van der Waals surface area contributed by atoms with E-state index in [-0.39, 0.29) is 24.3 Å². The molecule has 0 bridgehead atoms. The third-order valence-corrected chi connectivity index (χ3v) is 6.11. The molecule has 5 rings (SSSR count). The van der Waals surface area contributed by atoms with Gasteiger partial charge in [-0.1, -0.05) is 6.07 Å². The molecule has 1 fully saturated rings. The number of hydrogen-bond donors (Lipinski definition) is 1. The minimum Gasteiger partial charge on any atom is -0.332 e. The highest BCUT2D eigenvalue weighted by Crippen LogP contribution is 2.34. The number of imide groups is 1. The highest BCUT2D eigenvalue weighted by molar-refractivity contribution is 6.05. The number of imidazole rings is 1. The van der Waals surface area contributed by atoms with Gasteiger partial charge in [-0.15, -0.1) is 0 Å². The van der Waals surface area contributed by atoms with Crippen LogP contribution in [0.15, 0.2) is 36.8 Å². The summed E-state index contributed by atoms with van der Waals surface area (Å²) in [5, 5.41) is 7.03. The summed E-state index contributed by atoms with van der Waals surface area (Å²) < 4.78 is 3.85. The summed E-state index contributed by atoms with van der Waals surface area (Å²) in [6.07, 6.45) is 4.30. The van der Waals surface area contributed by atoms with Gasteiger partial charge in [-0.05, 0) is 44.0 Å². The van der Waals surface area contributed by atoms with E-state index in [1.54, 1.807) is 17.3 Å². The van der Waals surface area contributed by atoms with Crippen LogP contribution in [0.25, 0.3) is 22.6 Å². The Morgan fingerprint density at radius 1 is 1.16 bits per heavy atom. The molecule has 2 aliphatic rings. The number of aromatic nitrogens is 4. The molecule has 2 aromatic heterocycles. The maximum absolute atomic E-state index is 13.0. The summed E-state index contributed by atoms with van der Waals surface area (Å²) in [5.74, 6) is -0.881. The second-order valence-corrected chi connectivity index (χ2v) is 8.60. The second-order valence-electron chi connectivity index (χ2n) is 8.60. The zero-order chi connectivity index (χ0) is 22.6. The summed E-state index contributed by atoms with van der Waals surface area (Å²) in [6.45, 7) is 4.48. The third kappa shape index (κ3) is 3.21. The number of hydrogen-bond acceptors (Lipinski definition) is 5. The number of piperidine rings is 1. The Kier molecular flexibility index (Phi) is 4.69. The monoisotopic (exact) mass is 432 g/mol. The lowest BCUT2D eigenvalue weighted by Crippen LogP contribution is -2.52. The number of amides is 3. The van der Waals surface area contributed by atoms with Gasteiger partial charge < -0.3 is 9.47 Å². The first kappa shape index (κ1) is 20.2. The average molecular weight is 432 g/mol. The van der Waals surface area contributed by atoms with Gasteiger partial charge in [0.1, 0.15) is 11.7 Å². The predicted octanol–water partition coefficient (Wildman–Crippen LogP) is 2.29. The van der Waals surface area contributed by atoms with Crippen molar-refractivity contribution in [3.05, 3.63) is 47.9 Å². The minimum atomic E-state index is -0.624. The van der Waals surface area contributed by atoms with E-state index in [2.05, 4.69) is 24.1 Å². The van der Waals surface area contributed by atoms with E-state index in [9.17, 15) is 14.4 Å². The van der Waals surface area contributed by atoms with Crippen molar-refractivity contribution < 1.29 is 14.4 Å². The van der Waals surface area contributed by atoms with Gasteiger partial charge in [0.2, 0.25) is 11.8 Å². The lowest BCUT2D eigenvalue weighted by molar-refractivity contribution is -0.136. The fourth-order valence-electron chi connectivity index (χ4n) is 4.42. The molecule has 1 atom stereocenters. The van der Waals surface area contributed by atoms with E-state index in [0.29, 0.717) is 18.5 Å². The fourth-order valence-corrected chi connectivity index (χ4v) is 4.42. The minimum absolute atomic E-state index is 0.182. The smallest absolute Gasteiger partial charge is 0.255 e. The van der Waals surface area contributed by atoms with Gasteiger partial charge in [-0.2, -0.15) is 5.10 Å². The molecular formula is C23H24N6O3. The van der Waals surface area contributed by atoms with Crippen LogP contribution in [0.4, 0.5) is 0 Å². The summed E-state index contributed by atoms with van der Waals surface area (Å²) >= 11 is 0. The van der Waals surface area contributed by atoms with Crippen molar-refractivity contribution in [1.29, 1.82) is 0 Å². The van der Waals surface area contributed by atoms with Crippen LogP contribution in [-0.4, -0.2) is 48.0 Å². The Balaban J connectivity index is 1.48. The first-order chi connectivity index (χ1) is 15.3. The fraction of sp³-hybridized carbons (Fsp3) is 0.348. The Bertz CT molecular complexity index is 1250. The number of fused-ring (bicyclic) bond motifs is 1. The third-order valence-electron chi connectivity index (χ3n) is 6.11. The zero-order valence-corrected chi connectivity index (χ0v) is 18.2. The molecule has 9 nitrogen and oxygen atoms in total. The molecule has 1 saturated heterocycles. The van der Waals surface area contributed by atoms with Crippen LogP contribution >= 0.6 is 0 Å². The lowest BCUT2D eigenvalue weighted by atomic mass is 10.0. The zero-order valence-electron chi connectivity index (χ0n) is 18.2. The molecule has 0 radical (unpaired) electrons. The highest BCUT2D eigenvalue weighted by atomic mass is 16.2. The number of nitrogens with one attached hydrogen (secondary N) is 1. The SMILES string of the molecule is CC(C)n1ccc(-c2c(-c3ccc4c(c3)CN([C@H]3CCC(=O)NC3=O)C4=O)ncn2C)n1. The normalized spacial score (nSPS) is 18.4. The molecule has 32 heavy (non-hydrogen) atoms. The predicted molar refractivity (Wildman–Crippen MR) is 116 cm³/mol. The molecule has 0 aliphatic carbocycles. The van der Waals surface area contributed by atoms with Crippen molar-refractivity contribution in [2.75, 3.05) is 0 Å². The Morgan fingerprint density at radius 2 is 1.97 bits per heavy atom. The van der Waals surface area contributed by atoms with E-state index >= 15 is 0 Å². The van der Waals surface area contributed by atoms with E-state index in [4.69, 9.17) is 5.10 Å². The second kappa shape index (κ2) is 7.44. The number of aryl methyl sites for hydroxylation is 1. The van der Waals surface area contributed by atoms with Gasteiger partial charge in [0.05, 0.1) is 17.7 Å². The molecule has 1 N–H and O–H groups in total. The van der Waals surface area contributed by atoms with Crippen LogP contribution in [-0.2, 0) is 23.2 Å². The van der Waals surface area contributed by atoms with Gasteiger partial charge in [0.15, 0.2) is 0 Å². The van der Waals surface area contributed by atoms with Crippen LogP contribution in [0.1, 0.15) is 48.7 Å². The average Bonchev–Trinajstić information content (AvgIpc) is 3.45. The van der Waals surface area contributed by atoms with Crippen molar-refractivity contribution in [2.24, 2.45) is 7.05 Å². The number of rotatable bonds is 4. The largest absolute Gasteiger partial charge is 0.332 e. The molecule has 1 aromatic carbocycles. The number of carbonyl (C=O) groups excluding carboxylic acids is 3. The maximum Gasteiger partial charge on any atom is 0.255 e. The van der Waals surface area contributed by atoms with E-state index in [1.165, 1.54) is 0 Å². The van der Waals surface area contributed by atoms with Gasteiger partial charge in [-0.25, -0.2) is 4.98 Å². The van der Waals surface area contributed by atoms with Crippen LogP contribution in [0.5, 0.6) is 0 Å². The molecule has 4 heterocycles. The quantitative estimate of drug-likeness (QED) is 0.638. The Hall–Kier alpha value is -3.75. The van der Waals surface area contributed by atoms with Crippen LogP contribution < -0.4 is 5.32 Å². The molecule has 164 valence electrons. The van der Waals surface area contributed by atoms with Crippen LogP contribution in [0.3, 0.4) is 0 Å². The molecule has 0 unspecified atom stereocenters. The molecule has 9 heteroatoms. The Labute approximate surface area is 185 Å². The topological polar surface area (TPSA) is 102 Å². The summed E-state index contributed by atoms with van der Waals surface area (Å²) in [5.41, 5.74) is 4.83. The maximum atomic E-state index is 13.0. The van der Waals surface area contributed by atoms with Crippen LogP contribution in [0, 0.1) is 0 Å². The van der Waals surface area contributed by atoms with Crippen molar-refractivity contribution in [3.8, 4) is 22.6 Å². The summed E-state index contributed by atoms with van der Waals surface area (Å²) in [6, 6.07) is 7.25. The van der Waals surface area contributed by atoms with Gasteiger partial charge in [0, 0.05) is 43.4 Å². The first-order valence-electron chi connectivity index (χ1n) is 10.7. The van der Waals surface area contributed by atoms with Gasteiger partial charge in [-0.3, -0.25) is 24.4 Å². The van der Waals surface area contributed by atoms with Gasteiger partial charge in [0.25, 0.3) is 5.91 Å². The summed E-state index contributed by atoms with van der Waals surface area (Å²) in [7, 11) is 1.93. The number of nitrogens with zero attached hydrogens (tertiary/aromatic N) is 5. The molecule has 3 amide bonds. The van der Waals surface area contributed by atoms with Gasteiger partial charge >= 0.3 is 0 Å². The first-order valence-corrected chi connectivity index (χ1v) is 10.7. The van der Waals surface area contributed by atoms with E-state index in [0.717, 1.165) is 28.2 Å². The summed E-state index contributed by atoms with van der Waals surface area (Å²) in [4.78, 5) is 42.9. The molecular weight excluding hydrogens is 408 g/mol. The molecule has 2 aliphatic heterocycles. The van der Waals surface area contributed by atoms with Crippen molar-refractivity contribution in [2.45, 2.75) is 45.3 Å². The molecule has 0 spiro atoms. The van der Waals surface area contributed by atoms with Crippen molar-refractivity contribution in [1.82, 2.24) is 29.5 Å². The highest BCUT2D eigenvalue weighted by Gasteiger charge is 2.39. The van der Waals surface area contributed by atoms with Crippen molar-refractivity contribution in [3.63, 3.8) is 0 Å². The lowest BCUT2D eigenvalue weighted by Gasteiger charge is -2.29. The van der Waals surface area contributed by atoms with E-state index < -0.39 is 11.9 Å². The number of carbonyl (C=O) groups is 3. The van der Waals surface area contributed by atoms with E-state index in [1.807, 2.05) is 40.7 Å².